The van der Waals surface area contributed by atoms with E-state index in [1.165, 1.54) is 7.11 Å². The molecule has 0 spiro atoms. The molecule has 0 aromatic carbocycles. The van der Waals surface area contributed by atoms with Gasteiger partial charge in [-0.3, -0.25) is 9.79 Å². The first-order chi connectivity index (χ1) is 11.8. The van der Waals surface area contributed by atoms with Crippen LogP contribution in [0.1, 0.15) is 25.7 Å². The van der Waals surface area contributed by atoms with Gasteiger partial charge >= 0.3 is 11.9 Å². The zero-order valence-electron chi connectivity index (χ0n) is 14.1. The highest BCUT2D eigenvalue weighted by molar-refractivity contribution is 6.01. The minimum absolute atomic E-state index is 0.0782. The van der Waals surface area contributed by atoms with Crippen LogP contribution < -0.4 is 11.1 Å². The lowest BCUT2D eigenvalue weighted by molar-refractivity contribution is -0.139. The van der Waals surface area contributed by atoms with E-state index in [0.717, 1.165) is 0 Å². The predicted octanol–water partition coefficient (Wildman–Crippen LogP) is -1.33. The lowest BCUT2D eigenvalue weighted by Gasteiger charge is -2.35. The summed E-state index contributed by atoms with van der Waals surface area (Å²) in [4.78, 5) is 26.1. The first-order valence-electron chi connectivity index (χ1n) is 7.81. The number of carboxylic acid groups (broad SMARTS) is 2. The molecule has 25 heavy (non-hydrogen) atoms. The number of aliphatic hydroxyl groups is 2. The van der Waals surface area contributed by atoms with Crippen molar-refractivity contribution in [3.05, 3.63) is 11.5 Å². The van der Waals surface area contributed by atoms with Crippen LogP contribution in [0.25, 0.3) is 0 Å². The number of carbonyl (C=O) groups is 2. The second-order valence-electron chi connectivity index (χ2n) is 5.87. The van der Waals surface area contributed by atoms with Crippen molar-refractivity contribution in [2.75, 3.05) is 26.8 Å². The van der Waals surface area contributed by atoms with Gasteiger partial charge in [-0.1, -0.05) is 0 Å². The molecule has 0 aromatic heterocycles. The Balaban J connectivity index is 3.20. The largest absolute Gasteiger partial charge is 0.493 e. The predicted molar refractivity (Wildman–Crippen MR) is 88.1 cm³/mol. The van der Waals surface area contributed by atoms with Gasteiger partial charge < -0.3 is 36.2 Å². The number of allylic oxidation sites excluding steroid dienone is 1. The molecule has 1 aliphatic carbocycles. The Bertz CT molecular complexity index is 561. The van der Waals surface area contributed by atoms with Crippen LogP contribution in [0.5, 0.6) is 0 Å². The van der Waals surface area contributed by atoms with Gasteiger partial charge in [0, 0.05) is 12.8 Å². The summed E-state index contributed by atoms with van der Waals surface area (Å²) in [6, 6.07) is -0.967. The first-order valence-corrected chi connectivity index (χ1v) is 7.81. The van der Waals surface area contributed by atoms with Crippen molar-refractivity contribution in [3.8, 4) is 0 Å². The minimum atomic E-state index is -1.58. The lowest BCUT2D eigenvalue weighted by Crippen LogP contribution is -2.46. The molecule has 0 saturated heterocycles. The fourth-order valence-corrected chi connectivity index (χ4v) is 2.59. The van der Waals surface area contributed by atoms with Gasteiger partial charge in [0.25, 0.3) is 0 Å². The molecule has 0 aliphatic heterocycles. The van der Waals surface area contributed by atoms with E-state index in [9.17, 15) is 24.9 Å². The number of aliphatic carboxylic acids is 2. The van der Waals surface area contributed by atoms with Crippen molar-refractivity contribution >= 4 is 17.7 Å². The standard InChI is InChI=1S/C15H25N3O7/c1-25-13-10(17-7-12(20)21)5-15(24,8-19)6-11(13)18-9(14(22)23)3-2-4-16/h9,18-19,24H,2-8,16H2,1H3,(H,20,21)(H,22,23)/t9-,15-/m0/s1. The third kappa shape index (κ3) is 6.00. The molecule has 7 N–H and O–H groups in total. The molecular formula is C15H25N3O7. The number of nitrogens with zero attached hydrogens (tertiary/aromatic N) is 1. The van der Waals surface area contributed by atoms with Gasteiger partial charge in [0.05, 0.1) is 30.7 Å². The normalized spacial score (nSPS) is 23.4. The van der Waals surface area contributed by atoms with Gasteiger partial charge in [0.2, 0.25) is 0 Å². The minimum Gasteiger partial charge on any atom is -0.493 e. The number of aliphatic hydroxyl groups excluding tert-OH is 1. The summed E-state index contributed by atoms with van der Waals surface area (Å²) in [7, 11) is 1.34. The highest BCUT2D eigenvalue weighted by Gasteiger charge is 2.38. The number of carboxylic acids is 2. The quantitative estimate of drug-likeness (QED) is 0.276. The van der Waals surface area contributed by atoms with E-state index < -0.39 is 36.7 Å². The van der Waals surface area contributed by atoms with Gasteiger partial charge in [-0.05, 0) is 19.4 Å². The number of hydrogen-bond acceptors (Lipinski definition) is 8. The molecular weight excluding hydrogens is 334 g/mol. The molecule has 0 heterocycles. The molecule has 0 fully saturated rings. The Labute approximate surface area is 145 Å². The van der Waals surface area contributed by atoms with Gasteiger partial charge in [-0.2, -0.15) is 0 Å². The number of hydrogen-bond donors (Lipinski definition) is 6. The third-order valence-corrected chi connectivity index (χ3v) is 3.79. The van der Waals surface area contributed by atoms with E-state index in [1.54, 1.807) is 0 Å². The fraction of sp³-hybridized carbons (Fsp3) is 0.667. The molecule has 0 unspecified atom stereocenters. The summed E-state index contributed by atoms with van der Waals surface area (Å²) in [6.45, 7) is -0.804. The van der Waals surface area contributed by atoms with E-state index in [0.29, 0.717) is 13.0 Å². The van der Waals surface area contributed by atoms with Crippen LogP contribution >= 0.6 is 0 Å². The van der Waals surface area contributed by atoms with Crippen molar-refractivity contribution in [1.29, 1.82) is 0 Å². The van der Waals surface area contributed by atoms with E-state index in [2.05, 4.69) is 10.3 Å². The number of aliphatic imine (C=N–C) groups is 1. The zero-order valence-corrected chi connectivity index (χ0v) is 14.1. The smallest absolute Gasteiger partial charge is 0.326 e. The highest BCUT2D eigenvalue weighted by atomic mass is 16.5. The Kier molecular flexibility index (Phi) is 7.81. The monoisotopic (exact) mass is 359 g/mol. The molecule has 2 atom stereocenters. The van der Waals surface area contributed by atoms with E-state index >= 15 is 0 Å². The molecule has 142 valence electrons. The maximum absolute atomic E-state index is 11.4. The fourth-order valence-electron chi connectivity index (χ4n) is 2.59. The zero-order chi connectivity index (χ0) is 19.0. The van der Waals surface area contributed by atoms with Crippen molar-refractivity contribution in [1.82, 2.24) is 5.32 Å². The summed E-state index contributed by atoms with van der Waals surface area (Å²) >= 11 is 0. The Hall–Kier alpha value is -2.17. The molecule has 1 rings (SSSR count). The van der Waals surface area contributed by atoms with Crippen LogP contribution in [0.15, 0.2) is 16.4 Å². The number of nitrogens with two attached hydrogens (primary N) is 1. The highest BCUT2D eigenvalue weighted by Crippen LogP contribution is 2.30. The van der Waals surface area contributed by atoms with E-state index in [1.807, 2.05) is 0 Å². The Morgan fingerprint density at radius 2 is 2.08 bits per heavy atom. The number of nitrogens with one attached hydrogen (secondary N) is 1. The molecule has 10 heteroatoms. The SMILES string of the molecule is COC1=C(N[C@@H](CCCN)C(=O)O)C[C@](O)(CO)CC1=NCC(=O)O. The second kappa shape index (κ2) is 9.35. The van der Waals surface area contributed by atoms with Crippen LogP contribution in [-0.2, 0) is 14.3 Å². The van der Waals surface area contributed by atoms with Crippen molar-refractivity contribution in [2.24, 2.45) is 10.7 Å². The Morgan fingerprint density at radius 3 is 2.56 bits per heavy atom. The van der Waals surface area contributed by atoms with Crippen LogP contribution in [0.2, 0.25) is 0 Å². The number of methoxy groups -OCH3 is 1. The summed E-state index contributed by atoms with van der Waals surface area (Å²) < 4.78 is 5.25. The lowest BCUT2D eigenvalue weighted by atomic mass is 9.85. The van der Waals surface area contributed by atoms with Crippen LogP contribution in [-0.4, -0.2) is 76.5 Å². The molecule has 0 saturated carbocycles. The summed E-state index contributed by atoms with van der Waals surface area (Å²) in [6.07, 6.45) is 0.548. The maximum atomic E-state index is 11.4. The van der Waals surface area contributed by atoms with Gasteiger partial charge in [-0.15, -0.1) is 0 Å². The second-order valence-corrected chi connectivity index (χ2v) is 5.87. The third-order valence-electron chi connectivity index (χ3n) is 3.79. The Morgan fingerprint density at radius 1 is 1.40 bits per heavy atom. The van der Waals surface area contributed by atoms with Crippen LogP contribution in [0, 0.1) is 0 Å². The van der Waals surface area contributed by atoms with Crippen molar-refractivity contribution < 1.29 is 34.8 Å². The van der Waals surface area contributed by atoms with Gasteiger partial charge in [0.1, 0.15) is 12.6 Å². The molecule has 0 bridgehead atoms. The summed E-state index contributed by atoms with van der Waals surface area (Å²) in [5, 5.41) is 40.8. The van der Waals surface area contributed by atoms with Crippen LogP contribution in [0.3, 0.4) is 0 Å². The summed E-state index contributed by atoms with van der Waals surface area (Å²) in [5.74, 6) is -2.08. The molecule has 0 aromatic rings. The van der Waals surface area contributed by atoms with Gasteiger partial charge in [-0.25, -0.2) is 4.79 Å². The molecule has 10 nitrogen and oxygen atoms in total. The summed E-state index contributed by atoms with van der Waals surface area (Å²) in [5.41, 5.74) is 4.23. The maximum Gasteiger partial charge on any atom is 0.326 e. The number of ether oxygens (including phenoxy) is 1. The molecule has 0 amide bonds. The molecule has 0 radical (unpaired) electrons. The average molecular weight is 359 g/mol. The van der Waals surface area contributed by atoms with Gasteiger partial charge in [0.15, 0.2) is 5.76 Å². The van der Waals surface area contributed by atoms with Crippen molar-refractivity contribution in [2.45, 2.75) is 37.3 Å². The molecule has 1 aliphatic rings. The average Bonchev–Trinajstić information content (AvgIpc) is 2.56. The van der Waals surface area contributed by atoms with Crippen molar-refractivity contribution in [3.63, 3.8) is 0 Å². The number of rotatable bonds is 10. The van der Waals surface area contributed by atoms with Crippen LogP contribution in [0.4, 0.5) is 0 Å². The first kappa shape index (κ1) is 20.9. The van der Waals surface area contributed by atoms with E-state index in [-0.39, 0.29) is 36.4 Å². The topological polar surface area (TPSA) is 175 Å². The van der Waals surface area contributed by atoms with E-state index in [4.69, 9.17) is 15.6 Å².